The highest BCUT2D eigenvalue weighted by atomic mass is 32.2. The van der Waals surface area contributed by atoms with Crippen molar-refractivity contribution in [2.45, 2.75) is 9.79 Å². The van der Waals surface area contributed by atoms with Gasteiger partial charge in [-0.15, -0.1) is 11.8 Å². The zero-order valence-electron chi connectivity index (χ0n) is 18.0. The fourth-order valence-electron chi connectivity index (χ4n) is 2.97. The molecule has 1 N–H and O–H groups in total. The summed E-state index contributed by atoms with van der Waals surface area (Å²) in [6.07, 6.45) is 1.91. The van der Waals surface area contributed by atoms with Gasteiger partial charge >= 0.3 is 0 Å². The van der Waals surface area contributed by atoms with Crippen molar-refractivity contribution in [1.29, 1.82) is 0 Å². The smallest absolute Gasteiger partial charge is 0.271 e. The molecule has 33 heavy (non-hydrogen) atoms. The van der Waals surface area contributed by atoms with E-state index in [1.165, 1.54) is 68.4 Å². The van der Waals surface area contributed by atoms with Gasteiger partial charge in [-0.05, 0) is 60.9 Å². The Morgan fingerprint density at radius 3 is 2.24 bits per heavy atom. The van der Waals surface area contributed by atoms with E-state index >= 15 is 0 Å². The maximum Gasteiger partial charge on any atom is 0.271 e. The minimum Gasteiger partial charge on any atom is -0.495 e. The van der Waals surface area contributed by atoms with Gasteiger partial charge < -0.3 is 10.1 Å². The highest BCUT2D eigenvalue weighted by molar-refractivity contribution is 7.98. The number of rotatable bonds is 8. The number of hydrogen-bond acceptors (Lipinski definition) is 7. The van der Waals surface area contributed by atoms with E-state index < -0.39 is 20.9 Å². The summed E-state index contributed by atoms with van der Waals surface area (Å²) in [6.45, 7) is 0. The number of sulfonamides is 1. The number of ether oxygens (including phenoxy) is 1. The Morgan fingerprint density at radius 2 is 1.70 bits per heavy atom. The van der Waals surface area contributed by atoms with E-state index in [2.05, 4.69) is 5.32 Å². The molecule has 0 radical (unpaired) electrons. The predicted molar refractivity (Wildman–Crippen MR) is 128 cm³/mol. The van der Waals surface area contributed by atoms with Crippen molar-refractivity contribution >= 4 is 44.8 Å². The Labute approximate surface area is 195 Å². The number of hydrogen-bond donors (Lipinski definition) is 1. The summed E-state index contributed by atoms with van der Waals surface area (Å²) < 4.78 is 32.1. The zero-order valence-corrected chi connectivity index (χ0v) is 19.6. The lowest BCUT2D eigenvalue weighted by Crippen LogP contribution is -2.26. The molecule has 0 aliphatic carbocycles. The monoisotopic (exact) mass is 487 g/mol. The molecule has 0 fully saturated rings. The van der Waals surface area contributed by atoms with Crippen molar-refractivity contribution in [3.8, 4) is 5.75 Å². The second kappa shape index (κ2) is 9.92. The van der Waals surface area contributed by atoms with Gasteiger partial charge in [-0.25, -0.2) is 8.42 Å². The van der Waals surface area contributed by atoms with E-state index in [4.69, 9.17) is 4.74 Å². The van der Waals surface area contributed by atoms with Crippen molar-refractivity contribution in [2.24, 2.45) is 0 Å². The molecule has 0 bridgehead atoms. The Balaban J connectivity index is 1.80. The zero-order chi connectivity index (χ0) is 24.2. The molecule has 3 rings (SSSR count). The fraction of sp³-hybridized carbons (Fsp3) is 0.136. The van der Waals surface area contributed by atoms with E-state index in [0.29, 0.717) is 5.69 Å². The molecule has 0 aliphatic heterocycles. The lowest BCUT2D eigenvalue weighted by atomic mass is 10.2. The lowest BCUT2D eigenvalue weighted by molar-refractivity contribution is -0.384. The van der Waals surface area contributed by atoms with Crippen molar-refractivity contribution in [1.82, 2.24) is 0 Å². The summed E-state index contributed by atoms with van der Waals surface area (Å²) in [4.78, 5) is 24.2. The topological polar surface area (TPSA) is 119 Å². The number of nitro benzene ring substituents is 1. The van der Waals surface area contributed by atoms with Crippen LogP contribution in [0.4, 0.5) is 17.1 Å². The number of non-ortho nitro benzene ring substituents is 1. The molecule has 11 heteroatoms. The van der Waals surface area contributed by atoms with E-state index in [9.17, 15) is 23.3 Å². The summed E-state index contributed by atoms with van der Waals surface area (Å²) in [5.74, 6) is -0.262. The first-order valence-corrected chi connectivity index (χ1v) is 12.2. The van der Waals surface area contributed by atoms with Crippen LogP contribution in [0.1, 0.15) is 10.4 Å². The van der Waals surface area contributed by atoms with Crippen molar-refractivity contribution in [3.63, 3.8) is 0 Å². The molecule has 0 heterocycles. The van der Waals surface area contributed by atoms with Gasteiger partial charge in [-0.3, -0.25) is 19.2 Å². The molecule has 0 spiro atoms. The van der Waals surface area contributed by atoms with Gasteiger partial charge in [0.1, 0.15) is 5.75 Å². The number of nitrogens with one attached hydrogen (secondary N) is 1. The number of carbonyl (C=O) groups excluding carboxylic acids is 1. The number of methoxy groups -OCH3 is 1. The summed E-state index contributed by atoms with van der Waals surface area (Å²) in [7, 11) is -0.961. The van der Waals surface area contributed by atoms with Crippen LogP contribution < -0.4 is 14.4 Å². The van der Waals surface area contributed by atoms with Crippen LogP contribution in [0.5, 0.6) is 5.75 Å². The summed E-state index contributed by atoms with van der Waals surface area (Å²) >= 11 is 1.51. The first-order valence-electron chi connectivity index (χ1n) is 9.54. The molecule has 0 aliphatic rings. The Bertz CT molecular complexity index is 1280. The molecule has 0 unspecified atom stereocenters. The van der Waals surface area contributed by atoms with Gasteiger partial charge in [-0.2, -0.15) is 0 Å². The third kappa shape index (κ3) is 5.26. The average Bonchev–Trinajstić information content (AvgIpc) is 2.83. The van der Waals surface area contributed by atoms with Gasteiger partial charge in [0.05, 0.1) is 28.3 Å². The minimum atomic E-state index is -3.78. The van der Waals surface area contributed by atoms with Crippen LogP contribution in [0.25, 0.3) is 0 Å². The highest BCUT2D eigenvalue weighted by Gasteiger charge is 2.22. The van der Waals surface area contributed by atoms with E-state index in [1.54, 1.807) is 24.3 Å². The Morgan fingerprint density at radius 1 is 1.06 bits per heavy atom. The van der Waals surface area contributed by atoms with Crippen LogP contribution in [0.2, 0.25) is 0 Å². The van der Waals surface area contributed by atoms with E-state index in [0.717, 1.165) is 9.20 Å². The molecular weight excluding hydrogens is 466 g/mol. The summed E-state index contributed by atoms with van der Waals surface area (Å²) in [5.41, 5.74) is 0.559. The van der Waals surface area contributed by atoms with E-state index in [1.807, 2.05) is 6.26 Å². The third-order valence-corrected chi connectivity index (χ3v) is 7.40. The number of nitrogens with zero attached hydrogens (tertiary/aromatic N) is 2. The van der Waals surface area contributed by atoms with Gasteiger partial charge in [0.25, 0.3) is 21.6 Å². The second-order valence-corrected chi connectivity index (χ2v) is 9.64. The molecular formula is C22H21N3O6S2. The standard InChI is InChI=1S/C22H21N3O6S2/c1-24(33(29,30)19-11-9-18(32-3)10-12-19)16-6-4-15(5-7-16)22(26)23-20-14-17(25(27)28)8-13-21(20)31-2/h4-14H,1-3H3,(H,23,26). The van der Waals surface area contributed by atoms with Crippen LogP contribution in [-0.4, -0.2) is 39.7 Å². The number of anilines is 2. The molecule has 0 atom stereocenters. The highest BCUT2D eigenvalue weighted by Crippen LogP contribution is 2.30. The summed E-state index contributed by atoms with van der Waals surface area (Å²) in [6, 6.07) is 16.4. The van der Waals surface area contributed by atoms with Crippen LogP contribution in [0.3, 0.4) is 0 Å². The molecule has 172 valence electrons. The molecule has 3 aromatic rings. The first-order chi connectivity index (χ1) is 15.7. The Kier molecular flexibility index (Phi) is 7.24. The number of amides is 1. The maximum absolute atomic E-state index is 12.9. The molecule has 0 aromatic heterocycles. The average molecular weight is 488 g/mol. The number of carbonyl (C=O) groups is 1. The quantitative estimate of drug-likeness (QED) is 0.284. The molecule has 3 aromatic carbocycles. The van der Waals surface area contributed by atoms with Crippen LogP contribution in [0, 0.1) is 10.1 Å². The first kappa shape index (κ1) is 24.1. The van der Waals surface area contributed by atoms with Gasteiger partial charge in [0, 0.05) is 29.6 Å². The van der Waals surface area contributed by atoms with Crippen LogP contribution >= 0.6 is 11.8 Å². The molecule has 0 saturated carbocycles. The van der Waals surface area contributed by atoms with Gasteiger partial charge in [0.15, 0.2) is 0 Å². The maximum atomic E-state index is 12.9. The second-order valence-electron chi connectivity index (χ2n) is 6.79. The SMILES string of the molecule is COc1ccc([N+](=O)[O-])cc1NC(=O)c1ccc(N(C)S(=O)(=O)c2ccc(SC)cc2)cc1. The van der Waals surface area contributed by atoms with Crippen molar-refractivity contribution in [2.75, 3.05) is 30.0 Å². The fourth-order valence-corrected chi connectivity index (χ4v) is 4.57. The van der Waals surface area contributed by atoms with Crippen molar-refractivity contribution < 1.29 is 22.9 Å². The molecule has 0 saturated heterocycles. The van der Waals surface area contributed by atoms with Gasteiger partial charge in [-0.1, -0.05) is 0 Å². The summed E-state index contributed by atoms with van der Waals surface area (Å²) in [5, 5.41) is 13.6. The minimum absolute atomic E-state index is 0.147. The number of thioether (sulfide) groups is 1. The number of benzene rings is 3. The normalized spacial score (nSPS) is 11.0. The van der Waals surface area contributed by atoms with Gasteiger partial charge in [0.2, 0.25) is 0 Å². The molecule has 9 nitrogen and oxygen atoms in total. The van der Waals surface area contributed by atoms with Crippen molar-refractivity contribution in [3.05, 3.63) is 82.4 Å². The van der Waals surface area contributed by atoms with Crippen LogP contribution in [-0.2, 0) is 10.0 Å². The van der Waals surface area contributed by atoms with Crippen LogP contribution in [0.15, 0.2) is 76.5 Å². The third-order valence-electron chi connectivity index (χ3n) is 4.85. The lowest BCUT2D eigenvalue weighted by Gasteiger charge is -2.20. The largest absolute Gasteiger partial charge is 0.495 e. The predicted octanol–water partition coefficient (Wildman–Crippen LogP) is 4.40. The van der Waals surface area contributed by atoms with E-state index in [-0.39, 0.29) is 27.6 Å². The molecule has 1 amide bonds. The number of nitro groups is 1. The Hall–Kier alpha value is -3.57.